The molecule has 0 aromatic rings. The van der Waals surface area contributed by atoms with Gasteiger partial charge in [0.25, 0.3) is 0 Å². The third-order valence-corrected chi connectivity index (χ3v) is 5.44. The van der Waals surface area contributed by atoms with Crippen molar-refractivity contribution in [1.82, 2.24) is 25.3 Å². The maximum atomic E-state index is 4.42. The summed E-state index contributed by atoms with van der Waals surface area (Å²) in [4.78, 5) is 12.1. The van der Waals surface area contributed by atoms with Crippen molar-refractivity contribution in [3.05, 3.63) is 12.7 Å². The molecular weight excluding hydrogens is 288 g/mol. The Morgan fingerprint density at radius 1 is 1.17 bits per heavy atom. The van der Waals surface area contributed by atoms with Crippen LogP contribution < -0.4 is 10.6 Å². The van der Waals surface area contributed by atoms with Gasteiger partial charge in [0.15, 0.2) is 5.96 Å². The van der Waals surface area contributed by atoms with E-state index in [-0.39, 0.29) is 0 Å². The summed E-state index contributed by atoms with van der Waals surface area (Å²) in [6.45, 7) is 14.2. The van der Waals surface area contributed by atoms with Crippen molar-refractivity contribution in [3.8, 4) is 0 Å². The summed E-state index contributed by atoms with van der Waals surface area (Å²) in [5, 5.41) is 7.15. The maximum Gasteiger partial charge on any atom is 0.191 e. The van der Waals surface area contributed by atoms with Crippen molar-refractivity contribution < 1.29 is 0 Å². The van der Waals surface area contributed by atoms with E-state index in [0.717, 1.165) is 32.1 Å². The number of guanidine groups is 1. The fourth-order valence-electron chi connectivity index (χ4n) is 3.96. The van der Waals surface area contributed by atoms with Crippen LogP contribution >= 0.6 is 0 Å². The lowest BCUT2D eigenvalue weighted by atomic mass is 10.1. The first-order valence-electron chi connectivity index (χ1n) is 9.05. The monoisotopic (exact) mass is 320 g/mol. The molecule has 1 unspecified atom stereocenters. The molecule has 23 heavy (non-hydrogen) atoms. The third-order valence-electron chi connectivity index (χ3n) is 5.44. The standard InChI is InChI=1S/C17H32N6/c1-3-6-21-7-4-15(5-8-21)20-17(18-2)19-13-16-14-22-9-11-23(16)12-10-22/h3,15-16H,1,4-14H2,2H3,(H2,18,19,20). The summed E-state index contributed by atoms with van der Waals surface area (Å²) in [6.07, 6.45) is 4.35. The van der Waals surface area contributed by atoms with Crippen molar-refractivity contribution in [3.63, 3.8) is 0 Å². The molecule has 4 fully saturated rings. The molecule has 0 aromatic heterocycles. The number of likely N-dealkylation sites (tertiary alicyclic amines) is 1. The summed E-state index contributed by atoms with van der Waals surface area (Å²) in [5.74, 6) is 0.963. The summed E-state index contributed by atoms with van der Waals surface area (Å²) in [7, 11) is 1.87. The first-order valence-corrected chi connectivity index (χ1v) is 9.05. The molecule has 0 radical (unpaired) electrons. The van der Waals surface area contributed by atoms with Gasteiger partial charge in [0, 0.05) is 78.0 Å². The second-order valence-electron chi connectivity index (χ2n) is 6.95. The molecular formula is C17H32N6. The van der Waals surface area contributed by atoms with Gasteiger partial charge in [-0.25, -0.2) is 0 Å². The number of rotatable bonds is 5. The Kier molecular flexibility index (Phi) is 5.91. The van der Waals surface area contributed by atoms with Gasteiger partial charge in [0.2, 0.25) is 0 Å². The van der Waals surface area contributed by atoms with Crippen molar-refractivity contribution >= 4 is 5.96 Å². The number of nitrogens with zero attached hydrogens (tertiary/aromatic N) is 4. The summed E-state index contributed by atoms with van der Waals surface area (Å²) >= 11 is 0. The molecule has 4 aliphatic rings. The van der Waals surface area contributed by atoms with Crippen LogP contribution in [0.3, 0.4) is 0 Å². The SMILES string of the molecule is C=CCN1CCC(NC(=NC)NCC2CN3CCN2CC3)CC1. The molecule has 6 heteroatoms. The number of hydrogen-bond acceptors (Lipinski definition) is 4. The maximum absolute atomic E-state index is 4.42. The van der Waals surface area contributed by atoms with E-state index in [2.05, 4.69) is 36.9 Å². The van der Waals surface area contributed by atoms with E-state index in [4.69, 9.17) is 0 Å². The molecule has 0 spiro atoms. The number of nitrogens with one attached hydrogen (secondary N) is 2. The minimum absolute atomic E-state index is 0.536. The van der Waals surface area contributed by atoms with Crippen LogP contribution in [0.25, 0.3) is 0 Å². The highest BCUT2D eigenvalue weighted by atomic mass is 15.4. The Bertz CT molecular complexity index is 407. The van der Waals surface area contributed by atoms with E-state index in [1.54, 1.807) is 0 Å². The zero-order chi connectivity index (χ0) is 16.1. The molecule has 4 heterocycles. The first kappa shape index (κ1) is 16.7. The third kappa shape index (κ3) is 4.46. The molecule has 2 bridgehead atoms. The van der Waals surface area contributed by atoms with Gasteiger partial charge in [-0.3, -0.25) is 19.7 Å². The Balaban J connectivity index is 1.40. The van der Waals surface area contributed by atoms with Gasteiger partial charge in [0.05, 0.1) is 0 Å². The molecule has 4 aliphatic heterocycles. The number of piperazine rings is 3. The van der Waals surface area contributed by atoms with Crippen LogP contribution in [0.15, 0.2) is 17.6 Å². The van der Waals surface area contributed by atoms with Crippen molar-refractivity contribution in [1.29, 1.82) is 0 Å². The molecule has 0 aromatic carbocycles. The van der Waals surface area contributed by atoms with Gasteiger partial charge in [-0.05, 0) is 12.8 Å². The molecule has 6 nitrogen and oxygen atoms in total. The van der Waals surface area contributed by atoms with E-state index < -0.39 is 0 Å². The fourth-order valence-corrected chi connectivity index (χ4v) is 3.96. The van der Waals surface area contributed by atoms with Gasteiger partial charge in [0.1, 0.15) is 0 Å². The van der Waals surface area contributed by atoms with E-state index >= 15 is 0 Å². The predicted molar refractivity (Wildman–Crippen MR) is 96.0 cm³/mol. The highest BCUT2D eigenvalue weighted by Gasteiger charge is 2.31. The first-order chi connectivity index (χ1) is 11.3. The van der Waals surface area contributed by atoms with Gasteiger partial charge in [-0.1, -0.05) is 6.08 Å². The normalized spacial score (nSPS) is 32.7. The minimum Gasteiger partial charge on any atom is -0.355 e. The fraction of sp³-hybridized carbons (Fsp3) is 0.824. The average Bonchev–Trinajstić information content (AvgIpc) is 2.61. The van der Waals surface area contributed by atoms with Gasteiger partial charge in [-0.15, -0.1) is 6.58 Å². The van der Waals surface area contributed by atoms with Crippen LogP contribution in [0.4, 0.5) is 0 Å². The van der Waals surface area contributed by atoms with Crippen LogP contribution in [-0.4, -0.2) is 98.7 Å². The quantitative estimate of drug-likeness (QED) is 0.417. The molecule has 1 atom stereocenters. The van der Waals surface area contributed by atoms with E-state index in [1.165, 1.54) is 45.6 Å². The van der Waals surface area contributed by atoms with Crippen molar-refractivity contribution in [2.75, 3.05) is 66.0 Å². The topological polar surface area (TPSA) is 46.1 Å². The number of fused-ring (bicyclic) bond motifs is 3. The van der Waals surface area contributed by atoms with Gasteiger partial charge in [-0.2, -0.15) is 0 Å². The molecule has 130 valence electrons. The predicted octanol–water partition coefficient (Wildman–Crippen LogP) is -0.198. The Hall–Kier alpha value is -1.11. The summed E-state index contributed by atoms with van der Waals surface area (Å²) in [5.41, 5.74) is 0. The number of aliphatic imine (C=N–C) groups is 1. The molecule has 0 amide bonds. The Morgan fingerprint density at radius 2 is 1.91 bits per heavy atom. The number of piperidine rings is 1. The van der Waals surface area contributed by atoms with Crippen LogP contribution in [0.1, 0.15) is 12.8 Å². The molecule has 0 aliphatic carbocycles. The summed E-state index contributed by atoms with van der Waals surface area (Å²) in [6, 6.07) is 1.17. The van der Waals surface area contributed by atoms with Crippen LogP contribution in [0, 0.1) is 0 Å². The second-order valence-corrected chi connectivity index (χ2v) is 6.95. The number of hydrogen-bond donors (Lipinski definition) is 2. The Labute approximate surface area is 140 Å². The lowest BCUT2D eigenvalue weighted by Gasteiger charge is -2.47. The minimum atomic E-state index is 0.536. The highest BCUT2D eigenvalue weighted by Crippen LogP contribution is 2.15. The van der Waals surface area contributed by atoms with Crippen molar-refractivity contribution in [2.24, 2.45) is 4.99 Å². The van der Waals surface area contributed by atoms with Crippen molar-refractivity contribution in [2.45, 2.75) is 24.9 Å². The van der Waals surface area contributed by atoms with Crippen LogP contribution in [0.2, 0.25) is 0 Å². The van der Waals surface area contributed by atoms with Crippen LogP contribution in [-0.2, 0) is 0 Å². The lowest BCUT2D eigenvalue weighted by Crippen LogP contribution is -2.64. The van der Waals surface area contributed by atoms with E-state index in [9.17, 15) is 0 Å². The molecule has 4 rings (SSSR count). The Morgan fingerprint density at radius 3 is 2.48 bits per heavy atom. The zero-order valence-corrected chi connectivity index (χ0v) is 14.5. The molecule has 4 saturated heterocycles. The van der Waals surface area contributed by atoms with Gasteiger partial charge >= 0.3 is 0 Å². The molecule has 0 saturated carbocycles. The largest absolute Gasteiger partial charge is 0.355 e. The van der Waals surface area contributed by atoms with Crippen LogP contribution in [0.5, 0.6) is 0 Å². The van der Waals surface area contributed by atoms with Gasteiger partial charge < -0.3 is 10.6 Å². The summed E-state index contributed by atoms with van der Waals surface area (Å²) < 4.78 is 0. The van der Waals surface area contributed by atoms with E-state index in [0.29, 0.717) is 12.1 Å². The second kappa shape index (κ2) is 8.13. The smallest absolute Gasteiger partial charge is 0.191 e. The average molecular weight is 320 g/mol. The van der Waals surface area contributed by atoms with E-state index in [1.807, 2.05) is 13.1 Å². The highest BCUT2D eigenvalue weighted by molar-refractivity contribution is 5.80. The lowest BCUT2D eigenvalue weighted by molar-refractivity contribution is 0.0154. The zero-order valence-electron chi connectivity index (χ0n) is 14.5. The molecule has 2 N–H and O–H groups in total.